The van der Waals surface area contributed by atoms with Crippen LogP contribution in [0.1, 0.15) is 16.1 Å². The molecule has 3 heterocycles. The topological polar surface area (TPSA) is 87.4 Å². The van der Waals surface area contributed by atoms with Gasteiger partial charge >= 0.3 is 0 Å². The summed E-state index contributed by atoms with van der Waals surface area (Å²) in [6.45, 7) is 1.69. The Labute approximate surface area is 209 Å². The van der Waals surface area contributed by atoms with Crippen LogP contribution in [0.4, 0.5) is 10.1 Å². The van der Waals surface area contributed by atoms with Crippen LogP contribution in [-0.4, -0.2) is 27.4 Å². The van der Waals surface area contributed by atoms with Gasteiger partial charge in [-0.05, 0) is 48.7 Å². The molecular formula is C26H21FN4O4S. The number of amides is 1. The van der Waals surface area contributed by atoms with Gasteiger partial charge in [0.1, 0.15) is 17.1 Å². The van der Waals surface area contributed by atoms with Crippen molar-refractivity contribution < 1.29 is 18.7 Å². The SMILES string of the molecule is COc1ccc2c(Oc3ccc(NC(=O)c4c(C)n(C)n(-c5ccsc5)c4=O)cc3F)ccnc2c1. The van der Waals surface area contributed by atoms with Gasteiger partial charge < -0.3 is 14.8 Å². The number of nitrogens with zero attached hydrogens (tertiary/aromatic N) is 3. The first-order valence-electron chi connectivity index (χ1n) is 10.9. The van der Waals surface area contributed by atoms with Gasteiger partial charge in [-0.1, -0.05) is 0 Å². The van der Waals surface area contributed by atoms with Crippen LogP contribution in [0, 0.1) is 12.7 Å². The first kappa shape index (κ1) is 23.3. The number of ether oxygens (including phenoxy) is 2. The summed E-state index contributed by atoms with van der Waals surface area (Å²) in [6, 6.07) is 12.8. The van der Waals surface area contributed by atoms with Crippen LogP contribution in [0.5, 0.6) is 17.2 Å². The lowest BCUT2D eigenvalue weighted by atomic mass is 10.2. The monoisotopic (exact) mass is 504 g/mol. The van der Waals surface area contributed by atoms with Gasteiger partial charge in [0.15, 0.2) is 11.6 Å². The largest absolute Gasteiger partial charge is 0.497 e. The summed E-state index contributed by atoms with van der Waals surface area (Å²) in [7, 11) is 3.27. The highest BCUT2D eigenvalue weighted by atomic mass is 32.1. The smallest absolute Gasteiger partial charge is 0.284 e. The number of anilines is 1. The minimum absolute atomic E-state index is 0.0110. The minimum atomic E-state index is -0.674. The summed E-state index contributed by atoms with van der Waals surface area (Å²) in [6.07, 6.45) is 1.56. The van der Waals surface area contributed by atoms with Crippen molar-refractivity contribution in [3.05, 3.63) is 92.9 Å². The normalized spacial score (nSPS) is 11.0. The van der Waals surface area contributed by atoms with Crippen LogP contribution in [0.25, 0.3) is 16.6 Å². The molecule has 36 heavy (non-hydrogen) atoms. The Balaban J connectivity index is 1.39. The molecule has 8 nitrogen and oxygen atoms in total. The van der Waals surface area contributed by atoms with E-state index in [9.17, 15) is 14.0 Å². The number of pyridine rings is 1. The Morgan fingerprint density at radius 3 is 2.67 bits per heavy atom. The molecule has 0 radical (unpaired) electrons. The number of halogens is 1. The van der Waals surface area contributed by atoms with Gasteiger partial charge in [0, 0.05) is 41.8 Å². The molecule has 5 aromatic rings. The molecular weight excluding hydrogens is 483 g/mol. The number of nitrogens with one attached hydrogen (secondary N) is 1. The molecule has 3 aromatic heterocycles. The van der Waals surface area contributed by atoms with E-state index in [4.69, 9.17) is 9.47 Å². The number of hydrogen-bond donors (Lipinski definition) is 1. The van der Waals surface area contributed by atoms with Crippen LogP contribution < -0.4 is 20.3 Å². The molecule has 5 rings (SSSR count). The maximum absolute atomic E-state index is 14.9. The van der Waals surface area contributed by atoms with Crippen molar-refractivity contribution in [2.24, 2.45) is 7.05 Å². The van der Waals surface area contributed by atoms with E-state index in [1.165, 1.54) is 28.2 Å². The van der Waals surface area contributed by atoms with Crippen LogP contribution in [0.2, 0.25) is 0 Å². The lowest BCUT2D eigenvalue weighted by Gasteiger charge is -2.11. The molecule has 1 amide bonds. The Morgan fingerprint density at radius 2 is 1.94 bits per heavy atom. The number of fused-ring (bicyclic) bond motifs is 1. The fourth-order valence-electron chi connectivity index (χ4n) is 3.93. The average molecular weight is 505 g/mol. The Hall–Kier alpha value is -4.44. The number of aromatic nitrogens is 3. The molecule has 0 bridgehead atoms. The molecule has 0 aliphatic carbocycles. The van der Waals surface area contributed by atoms with Crippen molar-refractivity contribution in [1.82, 2.24) is 14.3 Å². The van der Waals surface area contributed by atoms with Crippen LogP contribution >= 0.6 is 11.3 Å². The molecule has 0 spiro atoms. The van der Waals surface area contributed by atoms with Crippen LogP contribution in [0.15, 0.2) is 70.3 Å². The lowest BCUT2D eigenvalue weighted by Crippen LogP contribution is -2.25. The van der Waals surface area contributed by atoms with Crippen molar-refractivity contribution in [3.8, 4) is 22.9 Å². The summed E-state index contributed by atoms with van der Waals surface area (Å²) in [5.41, 5.74) is 1.53. The van der Waals surface area contributed by atoms with Gasteiger partial charge in [-0.3, -0.25) is 19.3 Å². The number of benzene rings is 2. The van der Waals surface area contributed by atoms with E-state index in [1.54, 1.807) is 62.3 Å². The first-order valence-corrected chi connectivity index (χ1v) is 11.8. The summed E-state index contributed by atoms with van der Waals surface area (Å²) in [5.74, 6) is -0.246. The Bertz CT molecular complexity index is 1660. The van der Waals surface area contributed by atoms with Gasteiger partial charge in [-0.25, -0.2) is 9.07 Å². The van der Waals surface area contributed by atoms with Gasteiger partial charge in [-0.15, -0.1) is 0 Å². The average Bonchev–Trinajstić information content (AvgIpc) is 3.46. The van der Waals surface area contributed by atoms with E-state index in [0.29, 0.717) is 33.8 Å². The number of carbonyl (C=O) groups excluding carboxylic acids is 1. The predicted molar refractivity (Wildman–Crippen MR) is 136 cm³/mol. The second-order valence-electron chi connectivity index (χ2n) is 7.98. The van der Waals surface area contributed by atoms with E-state index in [2.05, 4.69) is 10.3 Å². The molecule has 182 valence electrons. The summed E-state index contributed by atoms with van der Waals surface area (Å²) in [4.78, 5) is 30.3. The zero-order valence-electron chi connectivity index (χ0n) is 19.6. The quantitative estimate of drug-likeness (QED) is 0.340. The highest BCUT2D eigenvalue weighted by Crippen LogP contribution is 2.32. The molecule has 0 fully saturated rings. The number of carbonyl (C=O) groups is 1. The third-order valence-electron chi connectivity index (χ3n) is 5.85. The third kappa shape index (κ3) is 4.11. The fraction of sp³-hybridized carbons (Fsp3) is 0.115. The highest BCUT2D eigenvalue weighted by molar-refractivity contribution is 7.08. The molecule has 0 saturated heterocycles. The Morgan fingerprint density at radius 1 is 1.11 bits per heavy atom. The van der Waals surface area contributed by atoms with Crippen LogP contribution in [0.3, 0.4) is 0 Å². The van der Waals surface area contributed by atoms with Gasteiger partial charge in [0.2, 0.25) is 0 Å². The summed E-state index contributed by atoms with van der Waals surface area (Å²) < 4.78 is 29.0. The summed E-state index contributed by atoms with van der Waals surface area (Å²) >= 11 is 1.45. The second kappa shape index (κ2) is 9.31. The number of rotatable bonds is 6. The van der Waals surface area contributed by atoms with Crippen LogP contribution in [-0.2, 0) is 7.05 Å². The maximum Gasteiger partial charge on any atom is 0.284 e. The lowest BCUT2D eigenvalue weighted by molar-refractivity contribution is 0.102. The van der Waals surface area contributed by atoms with Gasteiger partial charge in [0.25, 0.3) is 11.5 Å². The van der Waals surface area contributed by atoms with E-state index in [-0.39, 0.29) is 17.0 Å². The zero-order chi connectivity index (χ0) is 25.4. The Kier molecular flexibility index (Phi) is 6.03. The number of hydrogen-bond acceptors (Lipinski definition) is 6. The zero-order valence-corrected chi connectivity index (χ0v) is 20.4. The maximum atomic E-state index is 14.9. The second-order valence-corrected chi connectivity index (χ2v) is 8.76. The fourth-order valence-corrected chi connectivity index (χ4v) is 4.54. The molecule has 10 heteroatoms. The predicted octanol–water partition coefficient (Wildman–Crippen LogP) is 5.29. The number of methoxy groups -OCH3 is 1. The van der Waals surface area contributed by atoms with E-state index >= 15 is 0 Å². The third-order valence-corrected chi connectivity index (χ3v) is 6.52. The van der Waals surface area contributed by atoms with Crippen molar-refractivity contribution in [2.75, 3.05) is 12.4 Å². The van der Waals surface area contributed by atoms with Crippen molar-refractivity contribution in [2.45, 2.75) is 6.92 Å². The molecule has 0 atom stereocenters. The standard InChI is InChI=1S/C26H21FN4O4S/c1-15-24(26(33)31(30(15)2)17-9-11-36-14-17)25(32)29-16-4-7-23(20(27)12-16)35-22-8-10-28-21-13-18(34-3)5-6-19(21)22/h4-14H,1-3H3,(H,29,32). The van der Waals surface area contributed by atoms with Crippen molar-refractivity contribution in [1.29, 1.82) is 0 Å². The van der Waals surface area contributed by atoms with Crippen molar-refractivity contribution in [3.63, 3.8) is 0 Å². The molecule has 0 unspecified atom stereocenters. The van der Waals surface area contributed by atoms with Gasteiger partial charge in [0.05, 0.1) is 24.0 Å². The minimum Gasteiger partial charge on any atom is -0.497 e. The van der Waals surface area contributed by atoms with E-state index in [1.807, 2.05) is 10.8 Å². The molecule has 0 aliphatic heterocycles. The van der Waals surface area contributed by atoms with Gasteiger partial charge in [-0.2, -0.15) is 11.3 Å². The van der Waals surface area contributed by atoms with Crippen molar-refractivity contribution >= 4 is 33.8 Å². The highest BCUT2D eigenvalue weighted by Gasteiger charge is 2.23. The van der Waals surface area contributed by atoms with E-state index < -0.39 is 17.3 Å². The molecule has 0 aliphatic rings. The molecule has 2 aromatic carbocycles. The molecule has 1 N–H and O–H groups in total. The first-order chi connectivity index (χ1) is 17.4. The summed E-state index contributed by atoms with van der Waals surface area (Å²) in [5, 5.41) is 6.98. The molecule has 0 saturated carbocycles. The van der Waals surface area contributed by atoms with E-state index in [0.717, 1.165) is 6.07 Å². The number of thiophene rings is 1.